The van der Waals surface area contributed by atoms with E-state index in [2.05, 4.69) is 33.8 Å². The first-order valence-corrected chi connectivity index (χ1v) is 9.18. The van der Waals surface area contributed by atoms with Gasteiger partial charge in [0.2, 0.25) is 5.91 Å². The average Bonchev–Trinajstić information content (AvgIpc) is 2.59. The van der Waals surface area contributed by atoms with Gasteiger partial charge in [-0.3, -0.25) is 14.7 Å². The Morgan fingerprint density at radius 3 is 2.35 bits per heavy atom. The summed E-state index contributed by atoms with van der Waals surface area (Å²) in [4.78, 5) is 20.8. The Hall–Kier alpha value is -1.42. The monoisotopic (exact) mass is 317 g/mol. The number of pyridine rings is 1. The van der Waals surface area contributed by atoms with Gasteiger partial charge in [-0.2, -0.15) is 0 Å². The fourth-order valence-electron chi connectivity index (χ4n) is 3.12. The molecular formula is C19H31N3O. The molecule has 1 aromatic rings. The molecule has 1 saturated heterocycles. The van der Waals surface area contributed by atoms with Crippen molar-refractivity contribution in [2.24, 2.45) is 0 Å². The van der Waals surface area contributed by atoms with Crippen LogP contribution in [0.3, 0.4) is 0 Å². The van der Waals surface area contributed by atoms with Crippen molar-refractivity contribution in [1.82, 2.24) is 14.8 Å². The summed E-state index contributed by atoms with van der Waals surface area (Å²) in [6, 6.07) is 4.13. The number of carbonyl (C=O) groups excluding carboxylic acids is 1. The third-order valence-corrected chi connectivity index (χ3v) is 4.62. The average molecular weight is 317 g/mol. The van der Waals surface area contributed by atoms with Crippen molar-refractivity contribution in [3.05, 3.63) is 30.1 Å². The van der Waals surface area contributed by atoms with Gasteiger partial charge in [0.1, 0.15) is 0 Å². The largest absolute Gasteiger partial charge is 0.340 e. The topological polar surface area (TPSA) is 36.4 Å². The van der Waals surface area contributed by atoms with E-state index in [1.807, 2.05) is 12.4 Å². The van der Waals surface area contributed by atoms with E-state index in [0.29, 0.717) is 5.91 Å². The molecule has 2 heterocycles. The van der Waals surface area contributed by atoms with Crippen LogP contribution in [0.5, 0.6) is 0 Å². The van der Waals surface area contributed by atoms with E-state index in [-0.39, 0.29) is 0 Å². The van der Waals surface area contributed by atoms with Gasteiger partial charge in [0, 0.05) is 51.5 Å². The van der Waals surface area contributed by atoms with Crippen molar-refractivity contribution < 1.29 is 4.79 Å². The molecule has 4 heteroatoms. The van der Waals surface area contributed by atoms with Crippen LogP contribution in [0.1, 0.15) is 57.4 Å². The second-order valence-corrected chi connectivity index (χ2v) is 6.53. The van der Waals surface area contributed by atoms with Crippen LogP contribution in [0.25, 0.3) is 0 Å². The minimum atomic E-state index is 0.351. The van der Waals surface area contributed by atoms with Gasteiger partial charge in [-0.05, 0) is 24.1 Å². The zero-order valence-corrected chi connectivity index (χ0v) is 14.5. The highest BCUT2D eigenvalue weighted by Crippen LogP contribution is 2.11. The van der Waals surface area contributed by atoms with Gasteiger partial charge in [0.05, 0.1) is 0 Å². The summed E-state index contributed by atoms with van der Waals surface area (Å²) >= 11 is 0. The lowest BCUT2D eigenvalue weighted by Gasteiger charge is -2.34. The Balaban J connectivity index is 1.59. The number of amides is 1. The quantitative estimate of drug-likeness (QED) is 0.654. The fraction of sp³-hybridized carbons (Fsp3) is 0.684. The van der Waals surface area contributed by atoms with Crippen LogP contribution in [0.4, 0.5) is 0 Å². The molecule has 0 aromatic carbocycles. The summed E-state index contributed by atoms with van der Waals surface area (Å²) in [6.45, 7) is 6.90. The molecule has 0 bridgehead atoms. The summed E-state index contributed by atoms with van der Waals surface area (Å²) in [7, 11) is 0. The molecule has 0 spiro atoms. The van der Waals surface area contributed by atoms with Crippen molar-refractivity contribution in [2.45, 2.75) is 58.4 Å². The molecule has 0 unspecified atom stereocenters. The van der Waals surface area contributed by atoms with Crippen LogP contribution < -0.4 is 0 Å². The normalized spacial score (nSPS) is 15.8. The van der Waals surface area contributed by atoms with E-state index in [1.165, 1.54) is 37.7 Å². The second kappa shape index (κ2) is 10.4. The maximum Gasteiger partial charge on any atom is 0.222 e. The van der Waals surface area contributed by atoms with E-state index in [9.17, 15) is 4.79 Å². The van der Waals surface area contributed by atoms with E-state index < -0.39 is 0 Å². The highest BCUT2D eigenvalue weighted by molar-refractivity contribution is 5.76. The predicted molar refractivity (Wildman–Crippen MR) is 94.1 cm³/mol. The van der Waals surface area contributed by atoms with Gasteiger partial charge in [-0.1, -0.05) is 39.0 Å². The van der Waals surface area contributed by atoms with Crippen molar-refractivity contribution in [3.63, 3.8) is 0 Å². The van der Waals surface area contributed by atoms with E-state index in [0.717, 1.165) is 45.6 Å². The summed E-state index contributed by atoms with van der Waals surface area (Å²) in [6.07, 6.45) is 11.9. The first-order chi connectivity index (χ1) is 11.3. The third kappa shape index (κ3) is 6.69. The molecule has 1 aromatic heterocycles. The van der Waals surface area contributed by atoms with Crippen LogP contribution in [0.2, 0.25) is 0 Å². The van der Waals surface area contributed by atoms with Crippen LogP contribution >= 0.6 is 0 Å². The van der Waals surface area contributed by atoms with Crippen molar-refractivity contribution in [1.29, 1.82) is 0 Å². The molecule has 0 aliphatic carbocycles. The molecular weight excluding hydrogens is 286 g/mol. The van der Waals surface area contributed by atoms with Crippen molar-refractivity contribution >= 4 is 5.91 Å². The Bertz CT molecular complexity index is 441. The zero-order chi connectivity index (χ0) is 16.3. The highest BCUT2D eigenvalue weighted by atomic mass is 16.2. The first kappa shape index (κ1) is 17.9. The Kier molecular flexibility index (Phi) is 8.08. The number of hydrogen-bond acceptors (Lipinski definition) is 3. The number of rotatable bonds is 9. The number of unbranched alkanes of at least 4 members (excludes halogenated alkanes) is 5. The maximum atomic E-state index is 12.3. The summed E-state index contributed by atoms with van der Waals surface area (Å²) in [5.41, 5.74) is 1.30. The number of nitrogens with zero attached hydrogens (tertiary/aromatic N) is 3. The van der Waals surface area contributed by atoms with E-state index in [1.54, 1.807) is 0 Å². The van der Waals surface area contributed by atoms with Crippen LogP contribution in [-0.4, -0.2) is 46.9 Å². The number of carbonyl (C=O) groups is 1. The molecule has 4 nitrogen and oxygen atoms in total. The lowest BCUT2D eigenvalue weighted by atomic mass is 10.1. The minimum Gasteiger partial charge on any atom is -0.340 e. The van der Waals surface area contributed by atoms with E-state index in [4.69, 9.17) is 0 Å². The van der Waals surface area contributed by atoms with Gasteiger partial charge in [-0.25, -0.2) is 0 Å². The molecule has 1 amide bonds. The zero-order valence-electron chi connectivity index (χ0n) is 14.5. The second-order valence-electron chi connectivity index (χ2n) is 6.53. The molecule has 128 valence electrons. The maximum absolute atomic E-state index is 12.3. The Morgan fingerprint density at radius 1 is 1.00 bits per heavy atom. The Morgan fingerprint density at radius 2 is 1.65 bits per heavy atom. The summed E-state index contributed by atoms with van der Waals surface area (Å²) in [5.74, 6) is 0.351. The third-order valence-electron chi connectivity index (χ3n) is 4.62. The van der Waals surface area contributed by atoms with Crippen LogP contribution in [-0.2, 0) is 11.3 Å². The molecule has 2 rings (SSSR count). The standard InChI is InChI=1S/C19H31N3O/c1-2-3-4-5-6-7-8-19(23)22-15-13-21(14-16-22)17-18-9-11-20-12-10-18/h9-12H,2-8,13-17H2,1H3. The van der Waals surface area contributed by atoms with Gasteiger partial charge >= 0.3 is 0 Å². The Labute approximate surface area is 140 Å². The van der Waals surface area contributed by atoms with Crippen molar-refractivity contribution in [3.8, 4) is 0 Å². The molecule has 0 saturated carbocycles. The molecule has 23 heavy (non-hydrogen) atoms. The van der Waals surface area contributed by atoms with Gasteiger partial charge in [0.25, 0.3) is 0 Å². The lowest BCUT2D eigenvalue weighted by Crippen LogP contribution is -2.48. The molecule has 0 atom stereocenters. The van der Waals surface area contributed by atoms with Gasteiger partial charge < -0.3 is 4.90 Å². The predicted octanol–water partition coefficient (Wildman–Crippen LogP) is 3.48. The lowest BCUT2D eigenvalue weighted by molar-refractivity contribution is -0.133. The van der Waals surface area contributed by atoms with Crippen molar-refractivity contribution in [2.75, 3.05) is 26.2 Å². The highest BCUT2D eigenvalue weighted by Gasteiger charge is 2.20. The van der Waals surface area contributed by atoms with Crippen LogP contribution in [0, 0.1) is 0 Å². The molecule has 1 aliphatic heterocycles. The minimum absolute atomic E-state index is 0.351. The SMILES string of the molecule is CCCCCCCCC(=O)N1CCN(Cc2ccncc2)CC1. The molecule has 1 fully saturated rings. The van der Waals surface area contributed by atoms with E-state index >= 15 is 0 Å². The number of piperazine rings is 1. The number of aromatic nitrogens is 1. The van der Waals surface area contributed by atoms with Gasteiger partial charge in [0.15, 0.2) is 0 Å². The summed E-state index contributed by atoms with van der Waals surface area (Å²) < 4.78 is 0. The smallest absolute Gasteiger partial charge is 0.222 e. The van der Waals surface area contributed by atoms with Gasteiger partial charge in [-0.15, -0.1) is 0 Å². The molecule has 0 N–H and O–H groups in total. The van der Waals surface area contributed by atoms with Crippen LogP contribution in [0.15, 0.2) is 24.5 Å². The first-order valence-electron chi connectivity index (χ1n) is 9.18. The molecule has 1 aliphatic rings. The summed E-state index contributed by atoms with van der Waals surface area (Å²) in [5, 5.41) is 0. The molecule has 0 radical (unpaired) electrons. The fourth-order valence-corrected chi connectivity index (χ4v) is 3.12. The number of hydrogen-bond donors (Lipinski definition) is 0.